The van der Waals surface area contributed by atoms with E-state index >= 15 is 0 Å². The second-order valence-corrected chi connectivity index (χ2v) is 9.74. The molecule has 0 amide bonds. The van der Waals surface area contributed by atoms with Crippen molar-refractivity contribution in [2.24, 2.45) is 0 Å². The first-order chi connectivity index (χ1) is 15.8. The summed E-state index contributed by atoms with van der Waals surface area (Å²) in [5.41, 5.74) is 17.2. The number of rotatable bonds is 0. The molecule has 32 heavy (non-hydrogen) atoms. The summed E-state index contributed by atoms with van der Waals surface area (Å²) >= 11 is 0. The Balaban J connectivity index is 1.50. The minimum atomic E-state index is 0.215. The molecule has 0 saturated heterocycles. The van der Waals surface area contributed by atoms with Gasteiger partial charge in [0.25, 0.3) is 0 Å². The lowest BCUT2D eigenvalue weighted by molar-refractivity contribution is 0.688. The summed E-state index contributed by atoms with van der Waals surface area (Å²) < 4.78 is 0. The Morgan fingerprint density at radius 3 is 1.22 bits per heavy atom. The lowest BCUT2D eigenvalue weighted by Gasteiger charge is -2.49. The maximum Gasteiger partial charge on any atom is 0.0352 e. The van der Waals surface area contributed by atoms with Crippen LogP contribution in [0.4, 0.5) is 0 Å². The molecule has 0 radical (unpaired) electrons. The largest absolute Gasteiger partial charge is 0.0946 e. The van der Waals surface area contributed by atoms with E-state index in [0.717, 1.165) is 0 Å². The number of fused-ring (bicyclic) bond motifs is 1. The fourth-order valence-corrected chi connectivity index (χ4v) is 7.34. The summed E-state index contributed by atoms with van der Waals surface area (Å²) in [6.45, 7) is 9.08. The zero-order valence-electron chi connectivity index (χ0n) is 17.8. The van der Waals surface area contributed by atoms with Crippen LogP contribution in [0.15, 0.2) is 109 Å². The van der Waals surface area contributed by atoms with Crippen LogP contribution in [0, 0.1) is 0 Å². The van der Waals surface area contributed by atoms with E-state index in [9.17, 15) is 0 Å². The molecule has 6 aliphatic carbocycles. The predicted molar refractivity (Wildman–Crippen MR) is 130 cm³/mol. The van der Waals surface area contributed by atoms with Gasteiger partial charge in [-0.25, -0.2) is 0 Å². The van der Waals surface area contributed by atoms with Crippen molar-refractivity contribution >= 4 is 0 Å². The van der Waals surface area contributed by atoms with Gasteiger partial charge in [-0.05, 0) is 66.8 Å². The third-order valence-electron chi connectivity index (χ3n) is 8.52. The minimum absolute atomic E-state index is 0.215. The van der Waals surface area contributed by atoms with Crippen molar-refractivity contribution in [3.8, 4) is 0 Å². The van der Waals surface area contributed by atoms with E-state index in [4.69, 9.17) is 0 Å². The summed E-state index contributed by atoms with van der Waals surface area (Å²) in [5, 5.41) is 0. The third-order valence-corrected chi connectivity index (χ3v) is 8.52. The molecule has 4 aromatic carbocycles. The summed E-state index contributed by atoms with van der Waals surface area (Å²) in [7, 11) is 0. The lowest BCUT2D eigenvalue weighted by atomic mass is 9.53. The molecular weight excluding hydrogens is 384 g/mol. The van der Waals surface area contributed by atoms with Gasteiger partial charge in [-0.2, -0.15) is 0 Å². The quantitative estimate of drug-likeness (QED) is 0.247. The fourth-order valence-electron chi connectivity index (χ4n) is 7.34. The molecule has 0 spiro atoms. The van der Waals surface area contributed by atoms with E-state index in [-0.39, 0.29) is 11.8 Å². The van der Waals surface area contributed by atoms with Crippen molar-refractivity contribution in [2.45, 2.75) is 23.7 Å². The smallest absolute Gasteiger partial charge is 0.0352 e. The highest BCUT2D eigenvalue weighted by Crippen LogP contribution is 2.63. The van der Waals surface area contributed by atoms with Gasteiger partial charge in [0.1, 0.15) is 0 Å². The SMILES string of the molecule is C=C1C(=C)[C@H]2c3ccccc3[C@H]1c1ccc3c(c12)C1c2ccccc2C3c2ccccc21. The van der Waals surface area contributed by atoms with Crippen LogP contribution in [0.1, 0.15) is 79.3 Å². The molecule has 0 nitrogen and oxygen atoms in total. The van der Waals surface area contributed by atoms with Gasteiger partial charge in [0, 0.05) is 23.7 Å². The minimum Gasteiger partial charge on any atom is -0.0946 e. The van der Waals surface area contributed by atoms with Gasteiger partial charge in [-0.1, -0.05) is 98.1 Å². The molecule has 0 aromatic heterocycles. The Hall–Kier alpha value is -3.64. The molecule has 0 N–H and O–H groups in total. The van der Waals surface area contributed by atoms with Crippen LogP contribution < -0.4 is 0 Å². The van der Waals surface area contributed by atoms with E-state index in [1.165, 1.54) is 61.2 Å². The normalized spacial score (nSPS) is 25.0. The molecule has 0 unspecified atom stereocenters. The Morgan fingerprint density at radius 2 is 0.688 bits per heavy atom. The van der Waals surface area contributed by atoms with Crippen LogP contribution in [0.5, 0.6) is 0 Å². The van der Waals surface area contributed by atoms with Crippen molar-refractivity contribution < 1.29 is 0 Å². The zero-order chi connectivity index (χ0) is 21.1. The maximum atomic E-state index is 4.58. The fraction of sp³-hybridized carbons (Fsp3) is 0.125. The molecular formula is C32H22. The molecule has 0 aliphatic heterocycles. The molecule has 4 aromatic rings. The highest BCUT2D eigenvalue weighted by molar-refractivity contribution is 5.77. The summed E-state index contributed by atoms with van der Waals surface area (Å²) in [5.74, 6) is 1.06. The summed E-state index contributed by atoms with van der Waals surface area (Å²) in [6.07, 6.45) is 0. The van der Waals surface area contributed by atoms with E-state index in [1.807, 2.05) is 0 Å². The average molecular weight is 407 g/mol. The van der Waals surface area contributed by atoms with Gasteiger partial charge in [0.05, 0.1) is 0 Å². The molecule has 0 heteroatoms. The van der Waals surface area contributed by atoms with Crippen molar-refractivity contribution in [3.63, 3.8) is 0 Å². The Morgan fingerprint density at radius 1 is 0.344 bits per heavy atom. The van der Waals surface area contributed by atoms with Gasteiger partial charge >= 0.3 is 0 Å². The number of hydrogen-bond donors (Lipinski definition) is 0. The van der Waals surface area contributed by atoms with Crippen molar-refractivity contribution in [1.82, 2.24) is 0 Å². The Kier molecular flexibility index (Phi) is 2.96. The molecule has 10 rings (SSSR count). The van der Waals surface area contributed by atoms with E-state index < -0.39 is 0 Å². The van der Waals surface area contributed by atoms with Gasteiger partial charge in [0.15, 0.2) is 0 Å². The van der Waals surface area contributed by atoms with Crippen LogP contribution in [-0.4, -0.2) is 0 Å². The Labute approximate surface area is 188 Å². The van der Waals surface area contributed by atoms with E-state index in [2.05, 4.69) is 98.1 Å². The molecule has 6 aliphatic rings. The molecule has 150 valence electrons. The maximum absolute atomic E-state index is 4.58. The third kappa shape index (κ3) is 1.75. The molecule has 2 atom stereocenters. The zero-order valence-corrected chi connectivity index (χ0v) is 17.8. The van der Waals surface area contributed by atoms with Crippen LogP contribution in [0.3, 0.4) is 0 Å². The highest BCUT2D eigenvalue weighted by atomic mass is 14.5. The first-order valence-electron chi connectivity index (χ1n) is 11.6. The van der Waals surface area contributed by atoms with Crippen LogP contribution in [0.2, 0.25) is 0 Å². The van der Waals surface area contributed by atoms with Gasteiger partial charge in [-0.3, -0.25) is 0 Å². The molecule has 0 heterocycles. The highest BCUT2D eigenvalue weighted by Gasteiger charge is 2.48. The Bertz CT molecular complexity index is 1480. The molecule has 0 saturated carbocycles. The number of hydrogen-bond acceptors (Lipinski definition) is 0. The number of benzene rings is 4. The van der Waals surface area contributed by atoms with Crippen molar-refractivity contribution in [2.75, 3.05) is 0 Å². The van der Waals surface area contributed by atoms with E-state index in [1.54, 1.807) is 5.56 Å². The lowest BCUT2D eigenvalue weighted by Crippen LogP contribution is -2.34. The summed E-state index contributed by atoms with van der Waals surface area (Å²) in [4.78, 5) is 0. The second kappa shape index (κ2) is 5.58. The van der Waals surface area contributed by atoms with Crippen molar-refractivity contribution in [3.05, 3.63) is 165 Å². The standard InChI is InChI=1S/C32H22/c1-17-18(2)28-20-10-4-3-9-19(20)27(17)25-15-16-26-29-21-11-5-7-13-23(21)30(32(26)31(25)28)24-14-8-6-12-22(24)29/h3-16,27-30H,1-2H2/t27-,28-,29?,30?/m0/s1. The monoisotopic (exact) mass is 406 g/mol. The molecule has 4 bridgehead atoms. The second-order valence-electron chi connectivity index (χ2n) is 9.74. The van der Waals surface area contributed by atoms with Gasteiger partial charge in [-0.15, -0.1) is 0 Å². The van der Waals surface area contributed by atoms with Crippen LogP contribution in [-0.2, 0) is 0 Å². The first kappa shape index (κ1) is 17.0. The van der Waals surface area contributed by atoms with Crippen molar-refractivity contribution in [1.29, 1.82) is 0 Å². The number of allylic oxidation sites excluding steroid dienone is 2. The van der Waals surface area contributed by atoms with E-state index in [0.29, 0.717) is 11.8 Å². The van der Waals surface area contributed by atoms with Crippen LogP contribution >= 0.6 is 0 Å². The summed E-state index contributed by atoms with van der Waals surface area (Å²) in [6, 6.07) is 32.0. The first-order valence-corrected chi connectivity index (χ1v) is 11.6. The van der Waals surface area contributed by atoms with Crippen LogP contribution in [0.25, 0.3) is 0 Å². The molecule has 0 fully saturated rings. The van der Waals surface area contributed by atoms with Gasteiger partial charge < -0.3 is 0 Å². The predicted octanol–water partition coefficient (Wildman–Crippen LogP) is 7.38. The average Bonchev–Trinajstić information content (AvgIpc) is 2.85. The topological polar surface area (TPSA) is 0 Å². The van der Waals surface area contributed by atoms with Gasteiger partial charge in [0.2, 0.25) is 0 Å².